The Morgan fingerprint density at radius 3 is 2.17 bits per heavy atom. The van der Waals surface area contributed by atoms with Crippen molar-refractivity contribution in [1.29, 1.82) is 5.26 Å². The first kappa shape index (κ1) is 86.7. The number of imide groups is 1. The topological polar surface area (TPSA) is 424 Å². The van der Waals surface area contributed by atoms with E-state index in [-0.39, 0.29) is 86.2 Å². The molecule has 2 fully saturated rings. The fourth-order valence-electron chi connectivity index (χ4n) is 13.9. The number of likely N-dealkylation sites (tertiary alicyclic amines) is 2. The Labute approximate surface area is 648 Å². The monoisotopic (exact) mass is 1610 g/mol. The Bertz CT molecular complexity index is 4800. The summed E-state index contributed by atoms with van der Waals surface area (Å²) >= 11 is 0.866. The number of anilines is 1. The normalized spacial score (nSPS) is 18.9. The summed E-state index contributed by atoms with van der Waals surface area (Å²) < 4.78 is 128. The number of allylic oxidation sites excluding steroid dienone is 7. The number of para-hydroxylation sites is 1. The number of carbonyl (C=O) groups excluding carboxylic acids is 7. The van der Waals surface area contributed by atoms with E-state index >= 15 is 0 Å². The number of carboxylic acid groups (broad SMARTS) is 1. The van der Waals surface area contributed by atoms with Crippen LogP contribution in [0.3, 0.4) is 0 Å². The fraction of sp³-hybridized carbons (Fsp3) is 0.461. The molecule has 2 saturated heterocycles. The molecule has 3 aromatic carbocycles. The molecule has 7 amide bonds. The maximum Gasteiger partial charge on any atom is 0.425 e. The first-order chi connectivity index (χ1) is 52.2. The summed E-state index contributed by atoms with van der Waals surface area (Å²) in [7, 11) is -11.4. The summed E-state index contributed by atoms with van der Waals surface area (Å²) in [4.78, 5) is 112. The summed E-state index contributed by atoms with van der Waals surface area (Å²) in [5.41, 5.74) is 9.42. The number of nitriles is 1. The molecule has 35 heteroatoms. The van der Waals surface area contributed by atoms with E-state index in [1.165, 1.54) is 25.3 Å². The molecule has 1 aliphatic carbocycles. The van der Waals surface area contributed by atoms with E-state index < -0.39 is 132 Å². The van der Waals surface area contributed by atoms with E-state index in [4.69, 9.17) is 17.4 Å². The molecule has 0 bridgehead atoms. The van der Waals surface area contributed by atoms with Crippen LogP contribution >= 0.6 is 11.8 Å². The van der Waals surface area contributed by atoms with Crippen molar-refractivity contribution in [2.75, 3.05) is 54.9 Å². The molecular formula is C76H91F2N10O19S4+. The van der Waals surface area contributed by atoms with Gasteiger partial charge in [-0.1, -0.05) is 68.0 Å². The van der Waals surface area contributed by atoms with Crippen LogP contribution in [0.1, 0.15) is 150 Å². The van der Waals surface area contributed by atoms with Crippen molar-refractivity contribution in [2.45, 2.75) is 172 Å². The van der Waals surface area contributed by atoms with Gasteiger partial charge in [0.25, 0.3) is 32.1 Å². The van der Waals surface area contributed by atoms with Crippen molar-refractivity contribution in [3.8, 4) is 11.8 Å². The minimum Gasteiger partial charge on any atom is -0.480 e. The van der Waals surface area contributed by atoms with E-state index in [1.807, 2.05) is 43.3 Å². The van der Waals surface area contributed by atoms with Gasteiger partial charge in [-0.05, 0) is 137 Å². The first-order valence-corrected chi connectivity index (χ1v) is 41.3. The van der Waals surface area contributed by atoms with E-state index in [1.54, 1.807) is 6.07 Å². The number of aromatic nitrogens is 1. The minimum atomic E-state index is -4.14. The molecule has 596 valence electrons. The number of nitrogens with one attached hydrogen (secondary N) is 4. The number of benzene rings is 3. The number of aryl methyl sites for hydroxylation is 2. The number of thioether (sulfide) groups is 1. The summed E-state index contributed by atoms with van der Waals surface area (Å²) in [5, 5.41) is 28.3. The number of alkyl halides is 2. The summed E-state index contributed by atoms with van der Waals surface area (Å²) in [6, 6.07) is 22.1. The molecule has 4 aromatic rings. The third-order valence-electron chi connectivity index (χ3n) is 19.6. The number of hydrogen-bond donors (Lipinski definition) is 7. The number of amides is 7. The predicted octanol–water partition coefficient (Wildman–Crippen LogP) is 7.23. The third-order valence-corrected chi connectivity index (χ3v) is 22.5. The second kappa shape index (κ2) is 37.9. The first-order valence-electron chi connectivity index (χ1n) is 36.0. The Morgan fingerprint density at radius 1 is 0.811 bits per heavy atom. The number of ether oxygens (including phenoxy) is 1. The second-order valence-corrected chi connectivity index (χ2v) is 33.4. The maximum absolute atomic E-state index is 13.9. The van der Waals surface area contributed by atoms with E-state index in [0.717, 1.165) is 84.2 Å². The van der Waals surface area contributed by atoms with Crippen molar-refractivity contribution in [1.82, 2.24) is 36.1 Å². The number of halogens is 2. The van der Waals surface area contributed by atoms with Crippen molar-refractivity contribution >= 4 is 107 Å². The van der Waals surface area contributed by atoms with E-state index in [2.05, 4.69) is 118 Å². The zero-order chi connectivity index (χ0) is 81.3. The number of rotatable bonds is 34. The van der Waals surface area contributed by atoms with Gasteiger partial charge in [0.1, 0.15) is 36.2 Å². The van der Waals surface area contributed by atoms with E-state index in [9.17, 15) is 83.4 Å². The second-order valence-electron chi connectivity index (χ2n) is 28.6. The molecule has 0 radical (unpaired) electrons. The van der Waals surface area contributed by atoms with Crippen molar-refractivity contribution in [2.24, 2.45) is 0 Å². The number of unbranched alkanes of at least 4 members (excludes halogenated alkanes) is 2. The highest BCUT2D eigenvalue weighted by Gasteiger charge is 2.49. The molecule has 111 heavy (non-hydrogen) atoms. The van der Waals surface area contributed by atoms with Gasteiger partial charge in [0.15, 0.2) is 5.71 Å². The van der Waals surface area contributed by atoms with Gasteiger partial charge in [-0.25, -0.2) is 13.6 Å². The number of pyridine rings is 1. The van der Waals surface area contributed by atoms with Crippen LogP contribution in [0, 0.1) is 18.3 Å². The molecule has 9 rings (SSSR count). The molecule has 0 spiro atoms. The molecule has 5 heterocycles. The van der Waals surface area contributed by atoms with Crippen LogP contribution in [0.15, 0.2) is 132 Å². The average molecular weight is 1610 g/mol. The van der Waals surface area contributed by atoms with Gasteiger partial charge < -0.3 is 40.9 Å². The molecule has 7 N–H and O–H groups in total. The van der Waals surface area contributed by atoms with Crippen molar-refractivity contribution in [3.05, 3.63) is 165 Å². The number of carbonyl (C=O) groups is 8. The van der Waals surface area contributed by atoms with Crippen LogP contribution < -0.4 is 30.9 Å². The zero-order valence-corrected chi connectivity index (χ0v) is 65.5. The van der Waals surface area contributed by atoms with Crippen LogP contribution in [0.4, 0.5) is 20.2 Å². The fourth-order valence-corrected chi connectivity index (χ4v) is 16.2. The predicted molar refractivity (Wildman–Crippen MR) is 406 cm³/mol. The minimum absolute atomic E-state index is 0.0222. The number of nitrogens with zero attached hydrogens (tertiary/aromatic N) is 6. The Balaban J connectivity index is 0.00000377. The van der Waals surface area contributed by atoms with Crippen LogP contribution in [0.2, 0.25) is 0 Å². The maximum atomic E-state index is 13.9. The molecule has 4 aliphatic heterocycles. The van der Waals surface area contributed by atoms with Gasteiger partial charge in [-0.2, -0.15) is 26.7 Å². The van der Waals surface area contributed by atoms with Gasteiger partial charge in [0.2, 0.25) is 41.1 Å². The molecular weight excluding hydrogens is 1520 g/mol. The van der Waals surface area contributed by atoms with Gasteiger partial charge in [-0.15, -0.1) is 24.4 Å². The number of aliphatic carboxylic acids is 1. The molecule has 0 saturated carbocycles. The summed E-state index contributed by atoms with van der Waals surface area (Å²) in [5.74, 6) is -8.96. The Hall–Kier alpha value is -9.86. The van der Waals surface area contributed by atoms with E-state index in [0.29, 0.717) is 56.7 Å². The lowest BCUT2D eigenvalue weighted by Gasteiger charge is -2.27. The standard InChI is InChI=1S/C76H90F2N10O16S3.O3S/c1-48-18-26-61-58(40-48)75(5,6)64(86(61)36-10-12-39-107(101,102)103)28-23-52-15-13-14-51(22-27-63-74(3,4)57-16-7-8-17-60(57)85(63)35-9-11-38-106(98,99)100)69(52)104-56-24-19-50(20-25-56)21-29-65(89)81-34-37-87-68(92)42-62(72(87)95)105-46-59(73(96)97)84-67(91)31-30-66(90)82-45-54-41-53(32-33-80-54)70(93)83-49(2)71(94)88-47-76(77,78)43-55(88)44-79;1-4(2)3/h7-8,16-20,22-28,32-33,40-41,49,55,59,62H,9-15,21,29-31,34-39,42-43,45-47H2,1-6H3,(H6-,81,82,83,84,89,90,91,93,96,97,98,99,100,101,102,103);/p+1/t49-,55-,59?,62?;/m0./s1. The zero-order valence-electron chi connectivity index (χ0n) is 62.2. The molecule has 29 nitrogen and oxygen atoms in total. The highest BCUT2D eigenvalue weighted by atomic mass is 32.2. The average Bonchev–Trinajstić information content (AvgIpc) is 1.60. The lowest BCUT2D eigenvalue weighted by atomic mass is 9.81. The van der Waals surface area contributed by atoms with Crippen LogP contribution in [-0.4, -0.2) is 195 Å². The smallest absolute Gasteiger partial charge is 0.425 e. The number of fused-ring (bicyclic) bond motifs is 2. The number of hydrogen-bond acceptors (Lipinski definition) is 20. The Morgan fingerprint density at radius 2 is 1.49 bits per heavy atom. The lowest BCUT2D eigenvalue weighted by molar-refractivity contribution is -0.438. The van der Waals surface area contributed by atoms with Crippen molar-refractivity contribution in [3.63, 3.8) is 0 Å². The lowest BCUT2D eigenvalue weighted by Crippen LogP contribution is -2.48. The van der Waals surface area contributed by atoms with Crippen LogP contribution in [0.5, 0.6) is 5.75 Å². The van der Waals surface area contributed by atoms with Gasteiger partial charge in [-0.3, -0.25) is 52.6 Å². The highest BCUT2D eigenvalue weighted by molar-refractivity contribution is 8.00. The quantitative estimate of drug-likeness (QED) is 0.0105. The molecule has 4 atom stereocenters. The third kappa shape index (κ3) is 24.1. The van der Waals surface area contributed by atoms with Gasteiger partial charge in [0.05, 0.1) is 47.0 Å². The molecule has 5 aliphatic rings. The van der Waals surface area contributed by atoms with Crippen LogP contribution in [-0.2, 0) is 88.2 Å². The highest BCUT2D eigenvalue weighted by Crippen LogP contribution is 2.49. The molecule has 2 unspecified atom stereocenters. The molecule has 1 aromatic heterocycles. The number of carboxylic acids is 1. The van der Waals surface area contributed by atoms with Gasteiger partial charge in [0, 0.05) is 110 Å². The largest absolute Gasteiger partial charge is 0.480 e. The van der Waals surface area contributed by atoms with Gasteiger partial charge >= 0.3 is 16.6 Å². The Kier molecular flexibility index (Phi) is 29.6. The van der Waals surface area contributed by atoms with Crippen molar-refractivity contribution < 1.29 is 100 Å². The summed E-state index contributed by atoms with van der Waals surface area (Å²) in [6.45, 7) is 11.6. The SMILES string of the molecule is Cc1ccc2c(c1)C(C)(C)C(=CC=C1CCCC(C=CC3=[N+](CCCCS(=O)(=O)O)c4ccccc4C3(C)C)=C1Oc1ccc(CCC(=O)NCCN3C(=O)CC(SCC(NC(=O)CCC(=O)NCc4cc(C(=O)N[C@@H](C)C(=O)N5CC(F)(F)C[C@H]5C#N)ccn4)C(=O)O)C3=O)cc1)N2CCCCS(=O)(=O)O.O=S(=O)=O. The van der Waals surface area contributed by atoms with Crippen LogP contribution in [0.25, 0.3) is 0 Å². The summed E-state index contributed by atoms with van der Waals surface area (Å²) in [6.07, 6.45) is 11.9.